The van der Waals surface area contributed by atoms with Gasteiger partial charge in [0.05, 0.1) is 11.6 Å². The topological polar surface area (TPSA) is 45.1 Å². The van der Waals surface area contributed by atoms with Crippen molar-refractivity contribution in [3.63, 3.8) is 0 Å². The molecule has 1 aromatic carbocycles. The Kier molecular flexibility index (Phi) is 4.51. The van der Waals surface area contributed by atoms with Gasteiger partial charge in [-0.15, -0.1) is 0 Å². The molecule has 0 amide bonds. The molecule has 1 aromatic heterocycles. The molecular formula is C18H24N2O. The van der Waals surface area contributed by atoms with E-state index < -0.39 is 0 Å². The molecule has 0 aliphatic heterocycles. The Morgan fingerprint density at radius 1 is 1.24 bits per heavy atom. The minimum atomic E-state index is -0.123. The number of nitrogens with one attached hydrogen (secondary N) is 1. The van der Waals surface area contributed by atoms with Gasteiger partial charge >= 0.3 is 0 Å². The van der Waals surface area contributed by atoms with Gasteiger partial charge in [-0.05, 0) is 43.4 Å². The highest BCUT2D eigenvalue weighted by Gasteiger charge is 2.22. The first-order valence-corrected chi connectivity index (χ1v) is 7.98. The van der Waals surface area contributed by atoms with Crippen molar-refractivity contribution in [1.29, 1.82) is 0 Å². The Morgan fingerprint density at radius 2 is 2.05 bits per heavy atom. The van der Waals surface area contributed by atoms with Gasteiger partial charge in [0.25, 0.3) is 0 Å². The third-order valence-electron chi connectivity index (χ3n) is 4.52. The second-order valence-electron chi connectivity index (χ2n) is 6.18. The van der Waals surface area contributed by atoms with Gasteiger partial charge in [-0.25, -0.2) is 0 Å². The Balaban J connectivity index is 1.67. The Bertz CT molecular complexity index is 611. The number of hydrogen-bond acceptors (Lipinski definition) is 3. The fraction of sp³-hybridized carbons (Fsp3) is 0.500. The van der Waals surface area contributed by atoms with E-state index in [2.05, 4.69) is 34.6 Å². The minimum absolute atomic E-state index is 0.123. The molecule has 1 fully saturated rings. The fourth-order valence-corrected chi connectivity index (χ4v) is 3.36. The first-order valence-electron chi connectivity index (χ1n) is 7.98. The smallest absolute Gasteiger partial charge is 0.0708 e. The van der Waals surface area contributed by atoms with E-state index >= 15 is 0 Å². The molecule has 3 nitrogen and oxygen atoms in total. The number of hydrogen-bond donors (Lipinski definition) is 2. The van der Waals surface area contributed by atoms with Crippen LogP contribution in [0.1, 0.15) is 36.9 Å². The number of aryl methyl sites for hydroxylation is 1. The zero-order valence-corrected chi connectivity index (χ0v) is 12.7. The monoisotopic (exact) mass is 284 g/mol. The van der Waals surface area contributed by atoms with Gasteiger partial charge < -0.3 is 10.4 Å². The zero-order chi connectivity index (χ0) is 14.7. The number of aliphatic hydroxyl groups excluding tert-OH is 1. The molecule has 1 aliphatic carbocycles. The van der Waals surface area contributed by atoms with Crippen LogP contribution >= 0.6 is 0 Å². The maximum atomic E-state index is 10.0. The van der Waals surface area contributed by atoms with Crippen molar-refractivity contribution in [2.75, 3.05) is 6.54 Å². The highest BCUT2D eigenvalue weighted by Crippen LogP contribution is 2.24. The van der Waals surface area contributed by atoms with E-state index in [1.807, 2.05) is 13.0 Å². The normalized spacial score (nSPS) is 22.6. The molecule has 0 radical (unpaired) electrons. The van der Waals surface area contributed by atoms with Gasteiger partial charge in [-0.2, -0.15) is 0 Å². The summed E-state index contributed by atoms with van der Waals surface area (Å²) in [6, 6.07) is 10.5. The largest absolute Gasteiger partial charge is 0.393 e. The average molecular weight is 284 g/mol. The van der Waals surface area contributed by atoms with Crippen LogP contribution in [0.4, 0.5) is 0 Å². The number of nitrogens with zero attached hydrogens (tertiary/aromatic N) is 1. The third-order valence-corrected chi connectivity index (χ3v) is 4.52. The van der Waals surface area contributed by atoms with Crippen molar-refractivity contribution in [3.8, 4) is 0 Å². The molecule has 3 rings (SSSR count). The summed E-state index contributed by atoms with van der Waals surface area (Å²) in [5.41, 5.74) is 3.42. The van der Waals surface area contributed by atoms with Crippen LogP contribution in [-0.2, 0) is 6.54 Å². The quantitative estimate of drug-likeness (QED) is 0.906. The van der Waals surface area contributed by atoms with Gasteiger partial charge in [-0.1, -0.05) is 31.0 Å². The summed E-state index contributed by atoms with van der Waals surface area (Å²) in [4.78, 5) is 4.58. The van der Waals surface area contributed by atoms with Crippen molar-refractivity contribution in [3.05, 3.63) is 41.6 Å². The zero-order valence-electron chi connectivity index (χ0n) is 12.7. The molecule has 2 atom stereocenters. The number of rotatable bonds is 4. The molecule has 0 spiro atoms. The average Bonchev–Trinajstić information content (AvgIpc) is 2.49. The summed E-state index contributed by atoms with van der Waals surface area (Å²) in [5, 5.41) is 14.8. The van der Waals surface area contributed by atoms with E-state index in [0.717, 1.165) is 37.1 Å². The Labute approximate surface area is 126 Å². The number of fused-ring (bicyclic) bond motifs is 1. The summed E-state index contributed by atoms with van der Waals surface area (Å²) in [7, 11) is 0. The number of benzene rings is 1. The predicted octanol–water partition coefficient (Wildman–Crippen LogP) is 3.18. The van der Waals surface area contributed by atoms with E-state index in [-0.39, 0.29) is 6.10 Å². The van der Waals surface area contributed by atoms with Crippen molar-refractivity contribution < 1.29 is 5.11 Å². The molecule has 2 N–H and O–H groups in total. The van der Waals surface area contributed by atoms with Crippen molar-refractivity contribution in [1.82, 2.24) is 10.3 Å². The van der Waals surface area contributed by atoms with E-state index in [9.17, 15) is 5.11 Å². The van der Waals surface area contributed by atoms with Gasteiger partial charge in [-0.3, -0.25) is 4.98 Å². The predicted molar refractivity (Wildman–Crippen MR) is 86.2 cm³/mol. The Morgan fingerprint density at radius 3 is 2.90 bits per heavy atom. The first-order chi connectivity index (χ1) is 10.2. The lowest BCUT2D eigenvalue weighted by Gasteiger charge is -2.27. The van der Waals surface area contributed by atoms with Gasteiger partial charge in [0.15, 0.2) is 0 Å². The highest BCUT2D eigenvalue weighted by atomic mass is 16.3. The molecule has 0 bridgehead atoms. The second kappa shape index (κ2) is 6.54. The van der Waals surface area contributed by atoms with Crippen molar-refractivity contribution in [2.45, 2.75) is 45.3 Å². The third kappa shape index (κ3) is 3.42. The van der Waals surface area contributed by atoms with Gasteiger partial charge in [0.2, 0.25) is 0 Å². The number of para-hydroxylation sites is 1. The number of pyridine rings is 1. The standard InChI is InChI=1S/C18H24N2O/c1-13-10-15(16-7-3-4-8-17(16)20-13)12-19-11-14-6-2-5-9-18(14)21/h3-4,7-8,10,14,18-19,21H,2,5-6,9,11-12H2,1H3. The molecule has 3 heteroatoms. The van der Waals surface area contributed by atoms with E-state index in [1.165, 1.54) is 23.8 Å². The molecule has 21 heavy (non-hydrogen) atoms. The number of aliphatic hydroxyl groups is 1. The van der Waals surface area contributed by atoms with Gasteiger partial charge in [0, 0.05) is 24.2 Å². The molecule has 112 valence electrons. The fourth-order valence-electron chi connectivity index (χ4n) is 3.36. The Hall–Kier alpha value is -1.45. The summed E-state index contributed by atoms with van der Waals surface area (Å²) in [6.45, 7) is 3.78. The van der Waals surface area contributed by atoms with Crippen LogP contribution in [0.5, 0.6) is 0 Å². The maximum absolute atomic E-state index is 10.0. The summed E-state index contributed by atoms with van der Waals surface area (Å²) < 4.78 is 0. The van der Waals surface area contributed by atoms with Crippen LogP contribution in [0, 0.1) is 12.8 Å². The molecule has 0 saturated heterocycles. The summed E-state index contributed by atoms with van der Waals surface area (Å²) >= 11 is 0. The highest BCUT2D eigenvalue weighted by molar-refractivity contribution is 5.82. The molecule has 2 aromatic rings. The van der Waals surface area contributed by atoms with Crippen LogP contribution in [0.25, 0.3) is 10.9 Å². The van der Waals surface area contributed by atoms with Crippen LogP contribution in [0.2, 0.25) is 0 Å². The molecular weight excluding hydrogens is 260 g/mol. The molecule has 1 saturated carbocycles. The maximum Gasteiger partial charge on any atom is 0.0708 e. The van der Waals surface area contributed by atoms with E-state index in [1.54, 1.807) is 0 Å². The van der Waals surface area contributed by atoms with Crippen LogP contribution in [0.15, 0.2) is 30.3 Å². The van der Waals surface area contributed by atoms with Crippen LogP contribution in [0.3, 0.4) is 0 Å². The molecule has 1 aliphatic rings. The molecule has 2 unspecified atom stereocenters. The first kappa shape index (κ1) is 14.5. The van der Waals surface area contributed by atoms with E-state index in [0.29, 0.717) is 5.92 Å². The number of aromatic nitrogens is 1. The lowest BCUT2D eigenvalue weighted by Crippen LogP contribution is -2.33. The van der Waals surface area contributed by atoms with Crippen LogP contribution in [-0.4, -0.2) is 22.7 Å². The van der Waals surface area contributed by atoms with Gasteiger partial charge in [0.1, 0.15) is 0 Å². The minimum Gasteiger partial charge on any atom is -0.393 e. The lowest BCUT2D eigenvalue weighted by atomic mass is 9.86. The summed E-state index contributed by atoms with van der Waals surface area (Å²) in [5.74, 6) is 0.410. The second-order valence-corrected chi connectivity index (χ2v) is 6.18. The van der Waals surface area contributed by atoms with Crippen molar-refractivity contribution >= 4 is 10.9 Å². The van der Waals surface area contributed by atoms with E-state index in [4.69, 9.17) is 0 Å². The van der Waals surface area contributed by atoms with Crippen molar-refractivity contribution in [2.24, 2.45) is 5.92 Å². The SMILES string of the molecule is Cc1cc(CNCC2CCCCC2O)c2ccccc2n1. The summed E-state index contributed by atoms with van der Waals surface area (Å²) in [6.07, 6.45) is 4.41. The van der Waals surface area contributed by atoms with Crippen LogP contribution < -0.4 is 5.32 Å². The lowest BCUT2D eigenvalue weighted by molar-refractivity contribution is 0.0695. The molecule has 1 heterocycles.